The number of aryl methyl sites for hydroxylation is 1. The first-order valence-corrected chi connectivity index (χ1v) is 5.06. The predicted octanol–water partition coefficient (Wildman–Crippen LogP) is 1.70. The van der Waals surface area contributed by atoms with Gasteiger partial charge in [0.1, 0.15) is 0 Å². The fourth-order valence-corrected chi connectivity index (χ4v) is 1.62. The molecule has 0 spiro atoms. The van der Waals surface area contributed by atoms with Crippen LogP contribution >= 0.6 is 0 Å². The predicted molar refractivity (Wildman–Crippen MR) is 60.4 cm³/mol. The van der Waals surface area contributed by atoms with Crippen molar-refractivity contribution in [1.82, 2.24) is 9.78 Å². The lowest BCUT2D eigenvalue weighted by molar-refractivity contribution is 0.644. The molecule has 0 aliphatic heterocycles. The van der Waals surface area contributed by atoms with E-state index in [0.29, 0.717) is 6.54 Å². The Hall–Kier alpha value is -1.61. The first kappa shape index (κ1) is 9.93. The zero-order chi connectivity index (χ0) is 10.7. The van der Waals surface area contributed by atoms with Gasteiger partial charge < -0.3 is 5.73 Å². The summed E-state index contributed by atoms with van der Waals surface area (Å²) in [6.07, 6.45) is 1.79. The highest BCUT2D eigenvalue weighted by Crippen LogP contribution is 2.10. The van der Waals surface area contributed by atoms with Crippen molar-refractivity contribution >= 4 is 0 Å². The molecule has 0 saturated heterocycles. The van der Waals surface area contributed by atoms with Crippen LogP contribution < -0.4 is 5.73 Å². The van der Waals surface area contributed by atoms with E-state index in [2.05, 4.69) is 24.2 Å². The summed E-state index contributed by atoms with van der Waals surface area (Å²) in [6, 6.07) is 10.3. The summed E-state index contributed by atoms with van der Waals surface area (Å²) in [5.41, 5.74) is 9.27. The minimum absolute atomic E-state index is 0.534. The van der Waals surface area contributed by atoms with Crippen molar-refractivity contribution in [1.29, 1.82) is 0 Å². The molecule has 15 heavy (non-hydrogen) atoms. The summed E-state index contributed by atoms with van der Waals surface area (Å²) in [5, 5.41) is 4.26. The SMILES string of the molecule is Cc1ccccc1Cn1nccc1CN. The van der Waals surface area contributed by atoms with Gasteiger partial charge in [-0.05, 0) is 24.1 Å². The van der Waals surface area contributed by atoms with E-state index in [0.717, 1.165) is 12.2 Å². The van der Waals surface area contributed by atoms with Crippen LogP contribution in [0.5, 0.6) is 0 Å². The van der Waals surface area contributed by atoms with Crippen LogP contribution in [0.4, 0.5) is 0 Å². The number of nitrogens with zero attached hydrogens (tertiary/aromatic N) is 2. The molecule has 0 aliphatic carbocycles. The molecule has 1 aromatic carbocycles. The highest BCUT2D eigenvalue weighted by atomic mass is 15.3. The second kappa shape index (κ2) is 4.28. The molecule has 0 amide bonds. The van der Waals surface area contributed by atoms with Crippen molar-refractivity contribution in [3.8, 4) is 0 Å². The van der Waals surface area contributed by atoms with Crippen LogP contribution in [-0.2, 0) is 13.1 Å². The fraction of sp³-hybridized carbons (Fsp3) is 0.250. The van der Waals surface area contributed by atoms with E-state index in [1.54, 1.807) is 6.20 Å². The van der Waals surface area contributed by atoms with Crippen LogP contribution in [-0.4, -0.2) is 9.78 Å². The third kappa shape index (κ3) is 2.07. The fourth-order valence-electron chi connectivity index (χ4n) is 1.62. The topological polar surface area (TPSA) is 43.8 Å². The maximum absolute atomic E-state index is 5.63. The van der Waals surface area contributed by atoms with Crippen molar-refractivity contribution in [3.63, 3.8) is 0 Å². The number of hydrogen-bond donors (Lipinski definition) is 1. The summed E-state index contributed by atoms with van der Waals surface area (Å²) >= 11 is 0. The van der Waals surface area contributed by atoms with Gasteiger partial charge in [-0.2, -0.15) is 5.10 Å². The number of rotatable bonds is 3. The van der Waals surface area contributed by atoms with Crippen LogP contribution in [0.15, 0.2) is 36.5 Å². The minimum atomic E-state index is 0.534. The second-order valence-electron chi connectivity index (χ2n) is 3.61. The molecule has 0 atom stereocenters. The molecule has 0 fully saturated rings. The standard InChI is InChI=1S/C12H15N3/c1-10-4-2-3-5-11(10)9-15-12(8-13)6-7-14-15/h2-7H,8-9,13H2,1H3. The molecule has 2 N–H and O–H groups in total. The molecule has 0 radical (unpaired) electrons. The Morgan fingerprint density at radius 1 is 1.27 bits per heavy atom. The van der Waals surface area contributed by atoms with Gasteiger partial charge in [-0.3, -0.25) is 4.68 Å². The zero-order valence-electron chi connectivity index (χ0n) is 8.85. The van der Waals surface area contributed by atoms with Gasteiger partial charge in [0.05, 0.1) is 12.2 Å². The summed E-state index contributed by atoms with van der Waals surface area (Å²) in [5.74, 6) is 0. The van der Waals surface area contributed by atoms with E-state index in [9.17, 15) is 0 Å². The van der Waals surface area contributed by atoms with Gasteiger partial charge in [-0.1, -0.05) is 24.3 Å². The summed E-state index contributed by atoms with van der Waals surface area (Å²) in [6.45, 7) is 3.44. The van der Waals surface area contributed by atoms with Gasteiger partial charge in [0.2, 0.25) is 0 Å². The maximum Gasteiger partial charge on any atom is 0.0665 e. The molecule has 0 saturated carbocycles. The minimum Gasteiger partial charge on any atom is -0.325 e. The van der Waals surface area contributed by atoms with Crippen LogP contribution in [0.3, 0.4) is 0 Å². The quantitative estimate of drug-likeness (QED) is 0.821. The Kier molecular flexibility index (Phi) is 2.83. The van der Waals surface area contributed by atoms with E-state index in [1.165, 1.54) is 11.1 Å². The Morgan fingerprint density at radius 3 is 2.80 bits per heavy atom. The summed E-state index contributed by atoms with van der Waals surface area (Å²) < 4.78 is 1.95. The van der Waals surface area contributed by atoms with Crippen LogP contribution in [0.1, 0.15) is 16.8 Å². The van der Waals surface area contributed by atoms with Crippen molar-refractivity contribution < 1.29 is 0 Å². The van der Waals surface area contributed by atoms with Crippen LogP contribution in [0, 0.1) is 6.92 Å². The monoisotopic (exact) mass is 201 g/mol. The third-order valence-corrected chi connectivity index (χ3v) is 2.60. The van der Waals surface area contributed by atoms with Crippen molar-refractivity contribution in [2.75, 3.05) is 0 Å². The Balaban J connectivity index is 2.26. The summed E-state index contributed by atoms with van der Waals surface area (Å²) in [4.78, 5) is 0. The molecule has 3 heteroatoms. The van der Waals surface area contributed by atoms with Crippen molar-refractivity contribution in [2.45, 2.75) is 20.0 Å². The lowest BCUT2D eigenvalue weighted by Crippen LogP contribution is -2.10. The average molecular weight is 201 g/mol. The van der Waals surface area contributed by atoms with E-state index >= 15 is 0 Å². The zero-order valence-corrected chi connectivity index (χ0v) is 8.85. The molecule has 0 bridgehead atoms. The van der Waals surface area contributed by atoms with Gasteiger partial charge in [-0.15, -0.1) is 0 Å². The lowest BCUT2D eigenvalue weighted by atomic mass is 10.1. The summed E-state index contributed by atoms with van der Waals surface area (Å²) in [7, 11) is 0. The van der Waals surface area contributed by atoms with Gasteiger partial charge in [0.25, 0.3) is 0 Å². The van der Waals surface area contributed by atoms with E-state index in [4.69, 9.17) is 5.73 Å². The number of benzene rings is 1. The number of nitrogens with two attached hydrogens (primary N) is 1. The molecule has 78 valence electrons. The molecule has 0 aliphatic rings. The molecular formula is C12H15N3. The van der Waals surface area contributed by atoms with Gasteiger partial charge in [-0.25, -0.2) is 0 Å². The van der Waals surface area contributed by atoms with E-state index in [1.807, 2.05) is 22.9 Å². The van der Waals surface area contributed by atoms with Crippen molar-refractivity contribution in [3.05, 3.63) is 53.3 Å². The first-order valence-electron chi connectivity index (χ1n) is 5.06. The first-order chi connectivity index (χ1) is 7.31. The molecule has 0 unspecified atom stereocenters. The van der Waals surface area contributed by atoms with Crippen LogP contribution in [0.25, 0.3) is 0 Å². The van der Waals surface area contributed by atoms with Gasteiger partial charge >= 0.3 is 0 Å². The van der Waals surface area contributed by atoms with Crippen LogP contribution in [0.2, 0.25) is 0 Å². The number of hydrogen-bond acceptors (Lipinski definition) is 2. The van der Waals surface area contributed by atoms with E-state index < -0.39 is 0 Å². The highest BCUT2D eigenvalue weighted by Gasteiger charge is 2.02. The average Bonchev–Trinajstić information content (AvgIpc) is 2.69. The van der Waals surface area contributed by atoms with Gasteiger partial charge in [0, 0.05) is 12.7 Å². The molecule has 1 heterocycles. The Bertz CT molecular complexity index is 446. The highest BCUT2D eigenvalue weighted by molar-refractivity contribution is 5.26. The number of aromatic nitrogens is 2. The Morgan fingerprint density at radius 2 is 2.07 bits per heavy atom. The second-order valence-corrected chi connectivity index (χ2v) is 3.61. The molecule has 2 aromatic rings. The third-order valence-electron chi connectivity index (χ3n) is 2.60. The molecule has 1 aromatic heterocycles. The molecular weight excluding hydrogens is 186 g/mol. The molecule has 2 rings (SSSR count). The lowest BCUT2D eigenvalue weighted by Gasteiger charge is -2.08. The molecule has 3 nitrogen and oxygen atoms in total. The Labute approximate surface area is 89.5 Å². The van der Waals surface area contributed by atoms with Gasteiger partial charge in [0.15, 0.2) is 0 Å². The normalized spacial score (nSPS) is 10.5. The maximum atomic E-state index is 5.63. The van der Waals surface area contributed by atoms with E-state index in [-0.39, 0.29) is 0 Å². The smallest absolute Gasteiger partial charge is 0.0665 e. The van der Waals surface area contributed by atoms with Crippen molar-refractivity contribution in [2.24, 2.45) is 5.73 Å². The largest absolute Gasteiger partial charge is 0.325 e.